The number of ether oxygens (including phenoxy) is 1. The molecule has 0 radical (unpaired) electrons. The van der Waals surface area contributed by atoms with Gasteiger partial charge in [-0.3, -0.25) is 4.18 Å². The third kappa shape index (κ3) is 7.83. The molecule has 0 saturated carbocycles. The first kappa shape index (κ1) is 9.83. The molecule has 0 spiro atoms. The Balaban J connectivity index is 3.21. The van der Waals surface area contributed by atoms with Gasteiger partial charge in [-0.1, -0.05) is 0 Å². The zero-order valence-corrected chi connectivity index (χ0v) is 6.39. The van der Waals surface area contributed by atoms with Crippen molar-refractivity contribution in [3.05, 3.63) is 0 Å². The molecule has 10 heavy (non-hydrogen) atoms. The standard InChI is InChI=1S/C4H10O5S/c1-2-8-3-4-9-10(5,6)7/h2-4H2,1H3,(H,5,6,7)/p-1. The largest absolute Gasteiger partial charge is 0.726 e. The molecule has 0 aromatic rings. The van der Waals surface area contributed by atoms with Crippen LogP contribution in [0.25, 0.3) is 0 Å². The lowest BCUT2D eigenvalue weighted by Crippen LogP contribution is -2.09. The Kier molecular flexibility index (Phi) is 4.54. The van der Waals surface area contributed by atoms with Crippen molar-refractivity contribution in [3.63, 3.8) is 0 Å². The van der Waals surface area contributed by atoms with Gasteiger partial charge in [0.05, 0.1) is 13.2 Å². The summed E-state index contributed by atoms with van der Waals surface area (Å²) in [6, 6.07) is 0. The molecule has 0 aliphatic carbocycles. The van der Waals surface area contributed by atoms with E-state index in [4.69, 9.17) is 4.74 Å². The molecule has 5 nitrogen and oxygen atoms in total. The molecular formula is C4H9O5S-. The Morgan fingerprint density at radius 1 is 1.40 bits per heavy atom. The second-order valence-electron chi connectivity index (χ2n) is 1.43. The van der Waals surface area contributed by atoms with Crippen LogP contribution in [0.1, 0.15) is 6.92 Å². The summed E-state index contributed by atoms with van der Waals surface area (Å²) in [6.45, 7) is 2.14. The Labute approximate surface area is 59.9 Å². The fraction of sp³-hybridized carbons (Fsp3) is 1.00. The van der Waals surface area contributed by atoms with E-state index in [1.165, 1.54) is 0 Å². The van der Waals surface area contributed by atoms with Gasteiger partial charge < -0.3 is 9.29 Å². The fourth-order valence-corrected chi connectivity index (χ4v) is 0.612. The van der Waals surface area contributed by atoms with Crippen molar-refractivity contribution in [2.45, 2.75) is 6.92 Å². The molecule has 62 valence electrons. The predicted octanol–water partition coefficient (Wildman–Crippen LogP) is -0.500. The van der Waals surface area contributed by atoms with Gasteiger partial charge in [0.25, 0.3) is 0 Å². The normalized spacial score (nSPS) is 11.8. The van der Waals surface area contributed by atoms with Crippen LogP contribution in [0, 0.1) is 0 Å². The van der Waals surface area contributed by atoms with Crippen molar-refractivity contribution in [2.24, 2.45) is 0 Å². The van der Waals surface area contributed by atoms with E-state index in [0.717, 1.165) is 0 Å². The maximum Gasteiger partial charge on any atom is 0.217 e. The fourth-order valence-electron chi connectivity index (χ4n) is 0.339. The summed E-state index contributed by atoms with van der Waals surface area (Å²) in [5.74, 6) is 0. The Hall–Kier alpha value is -0.170. The molecule has 0 atom stereocenters. The molecule has 0 aliphatic rings. The molecule has 0 aromatic heterocycles. The summed E-state index contributed by atoms with van der Waals surface area (Å²) in [5, 5.41) is 0. The van der Waals surface area contributed by atoms with Crippen LogP contribution in [0.5, 0.6) is 0 Å². The van der Waals surface area contributed by atoms with Crippen molar-refractivity contribution >= 4 is 10.4 Å². The lowest BCUT2D eigenvalue weighted by Gasteiger charge is -2.06. The van der Waals surface area contributed by atoms with Gasteiger partial charge in [-0.15, -0.1) is 0 Å². The van der Waals surface area contributed by atoms with Crippen molar-refractivity contribution in [1.29, 1.82) is 0 Å². The molecule has 0 aliphatic heterocycles. The van der Waals surface area contributed by atoms with Crippen LogP contribution in [-0.2, 0) is 19.3 Å². The van der Waals surface area contributed by atoms with Gasteiger partial charge in [0, 0.05) is 6.61 Å². The maximum absolute atomic E-state index is 9.76. The van der Waals surface area contributed by atoms with Crippen LogP contribution >= 0.6 is 0 Å². The van der Waals surface area contributed by atoms with E-state index < -0.39 is 10.4 Å². The highest BCUT2D eigenvalue weighted by atomic mass is 32.3. The highest BCUT2D eigenvalue weighted by molar-refractivity contribution is 7.80. The minimum atomic E-state index is -4.53. The van der Waals surface area contributed by atoms with Crippen LogP contribution < -0.4 is 0 Å². The predicted molar refractivity (Wildman–Crippen MR) is 32.1 cm³/mol. The van der Waals surface area contributed by atoms with E-state index in [1.54, 1.807) is 6.92 Å². The number of hydrogen-bond acceptors (Lipinski definition) is 5. The monoisotopic (exact) mass is 169 g/mol. The topological polar surface area (TPSA) is 75.7 Å². The summed E-state index contributed by atoms with van der Waals surface area (Å²) >= 11 is 0. The molecule has 0 saturated heterocycles. The summed E-state index contributed by atoms with van der Waals surface area (Å²) in [5.41, 5.74) is 0. The van der Waals surface area contributed by atoms with E-state index in [0.29, 0.717) is 6.61 Å². The molecule has 0 N–H and O–H groups in total. The summed E-state index contributed by atoms with van der Waals surface area (Å²) in [6.07, 6.45) is 0. The van der Waals surface area contributed by atoms with Gasteiger partial charge in [0.2, 0.25) is 10.4 Å². The molecule has 0 rings (SSSR count). The maximum atomic E-state index is 9.76. The van der Waals surface area contributed by atoms with Gasteiger partial charge in [-0.05, 0) is 6.92 Å². The lowest BCUT2D eigenvalue weighted by atomic mass is 10.8. The molecule has 0 amide bonds. The quantitative estimate of drug-likeness (QED) is 0.315. The lowest BCUT2D eigenvalue weighted by molar-refractivity contribution is 0.106. The van der Waals surface area contributed by atoms with E-state index in [2.05, 4.69) is 4.18 Å². The second kappa shape index (κ2) is 4.62. The van der Waals surface area contributed by atoms with Gasteiger partial charge in [-0.2, -0.15) is 0 Å². The first-order chi connectivity index (χ1) is 4.56. The van der Waals surface area contributed by atoms with Crippen LogP contribution in [0.3, 0.4) is 0 Å². The van der Waals surface area contributed by atoms with Crippen molar-refractivity contribution in [3.8, 4) is 0 Å². The van der Waals surface area contributed by atoms with Gasteiger partial charge in [0.15, 0.2) is 0 Å². The summed E-state index contributed by atoms with van der Waals surface area (Å²) < 4.78 is 37.8. The zero-order valence-electron chi connectivity index (χ0n) is 5.57. The van der Waals surface area contributed by atoms with Crippen LogP contribution in [0.4, 0.5) is 0 Å². The van der Waals surface area contributed by atoms with E-state index in [1.807, 2.05) is 0 Å². The number of hydrogen-bond donors (Lipinski definition) is 0. The van der Waals surface area contributed by atoms with E-state index >= 15 is 0 Å². The molecule has 0 fully saturated rings. The van der Waals surface area contributed by atoms with Gasteiger partial charge in [0.1, 0.15) is 0 Å². The molecule has 0 heterocycles. The minimum absolute atomic E-state index is 0.123. The molecule has 0 bridgehead atoms. The van der Waals surface area contributed by atoms with E-state index in [9.17, 15) is 13.0 Å². The Morgan fingerprint density at radius 2 is 2.00 bits per heavy atom. The summed E-state index contributed by atoms with van der Waals surface area (Å²) in [4.78, 5) is 0. The third-order valence-corrected chi connectivity index (χ3v) is 1.11. The zero-order chi connectivity index (χ0) is 8.04. The smallest absolute Gasteiger partial charge is 0.217 e. The van der Waals surface area contributed by atoms with Crippen LogP contribution in [0.15, 0.2) is 0 Å². The molecule has 0 aromatic carbocycles. The first-order valence-electron chi connectivity index (χ1n) is 2.74. The molecular weight excluding hydrogens is 160 g/mol. The average Bonchev–Trinajstić information content (AvgIpc) is 1.78. The Morgan fingerprint density at radius 3 is 2.40 bits per heavy atom. The minimum Gasteiger partial charge on any atom is -0.726 e. The van der Waals surface area contributed by atoms with Crippen LogP contribution in [0.2, 0.25) is 0 Å². The van der Waals surface area contributed by atoms with Gasteiger partial charge in [-0.25, -0.2) is 8.42 Å². The average molecular weight is 169 g/mol. The third-order valence-electron chi connectivity index (χ3n) is 0.659. The molecule has 6 heteroatoms. The van der Waals surface area contributed by atoms with Crippen molar-refractivity contribution in [2.75, 3.05) is 19.8 Å². The Bertz CT molecular complexity index is 160. The highest BCUT2D eigenvalue weighted by Gasteiger charge is 1.92. The second-order valence-corrected chi connectivity index (χ2v) is 2.48. The van der Waals surface area contributed by atoms with Gasteiger partial charge >= 0.3 is 0 Å². The SMILES string of the molecule is CCOCCOS(=O)(=O)[O-]. The summed E-state index contributed by atoms with van der Waals surface area (Å²) in [7, 11) is -4.53. The van der Waals surface area contributed by atoms with E-state index in [-0.39, 0.29) is 13.2 Å². The van der Waals surface area contributed by atoms with Crippen molar-refractivity contribution < 1.29 is 21.9 Å². The van der Waals surface area contributed by atoms with Crippen LogP contribution in [-0.4, -0.2) is 32.8 Å². The first-order valence-corrected chi connectivity index (χ1v) is 4.07. The highest BCUT2D eigenvalue weighted by Crippen LogP contribution is 1.84. The number of rotatable bonds is 5. The molecule has 0 unspecified atom stereocenters. The van der Waals surface area contributed by atoms with Crippen molar-refractivity contribution in [1.82, 2.24) is 0 Å².